The van der Waals surface area contributed by atoms with E-state index in [1.54, 1.807) is 11.8 Å². The molecule has 18 heavy (non-hydrogen) atoms. The predicted octanol–water partition coefficient (Wildman–Crippen LogP) is 5.76. The van der Waals surface area contributed by atoms with Crippen molar-refractivity contribution in [2.75, 3.05) is 5.75 Å². The van der Waals surface area contributed by atoms with Crippen molar-refractivity contribution in [2.24, 2.45) is 5.92 Å². The highest BCUT2D eigenvalue weighted by Crippen LogP contribution is 2.25. The highest BCUT2D eigenvalue weighted by molar-refractivity contribution is 8.46. The van der Waals surface area contributed by atoms with Crippen LogP contribution in [0.2, 0.25) is 0 Å². The van der Waals surface area contributed by atoms with E-state index in [1.807, 2.05) is 11.8 Å². The second-order valence-corrected chi connectivity index (χ2v) is 7.60. The summed E-state index contributed by atoms with van der Waals surface area (Å²) in [6.07, 6.45) is 3.88. The molecular formula is C15H22S3. The Labute approximate surface area is 125 Å². The van der Waals surface area contributed by atoms with E-state index < -0.39 is 0 Å². The Balaban J connectivity index is 2.21. The first kappa shape index (κ1) is 16.1. The van der Waals surface area contributed by atoms with E-state index >= 15 is 0 Å². The molecule has 1 rings (SSSR count). The van der Waals surface area contributed by atoms with Gasteiger partial charge in [0.2, 0.25) is 0 Å². The summed E-state index contributed by atoms with van der Waals surface area (Å²) in [4.78, 5) is 0. The van der Waals surface area contributed by atoms with E-state index in [-0.39, 0.29) is 0 Å². The summed E-state index contributed by atoms with van der Waals surface area (Å²) in [5, 5.41) is 0. The summed E-state index contributed by atoms with van der Waals surface area (Å²) >= 11 is 9.09. The molecule has 1 atom stereocenters. The molecule has 1 aromatic rings. The molecule has 3 heteroatoms. The second-order valence-electron chi connectivity index (χ2n) is 4.40. The first-order chi connectivity index (χ1) is 8.76. The molecule has 0 N–H and O–H groups in total. The molecule has 0 aliphatic rings. The summed E-state index contributed by atoms with van der Waals surface area (Å²) in [5.74, 6) is 3.01. The van der Waals surface area contributed by atoms with Crippen LogP contribution in [0.3, 0.4) is 0 Å². The smallest absolute Gasteiger partial charge is 0.104 e. The van der Waals surface area contributed by atoms with Crippen LogP contribution in [0, 0.1) is 5.92 Å². The van der Waals surface area contributed by atoms with Gasteiger partial charge in [0, 0.05) is 11.5 Å². The number of hydrogen-bond donors (Lipinski definition) is 0. The molecule has 0 radical (unpaired) electrons. The normalized spacial score (nSPS) is 12.3. The SMILES string of the molecule is CCCC(CC)CSC(=S)SCc1ccccc1. The summed E-state index contributed by atoms with van der Waals surface area (Å²) in [6.45, 7) is 4.54. The highest BCUT2D eigenvalue weighted by Gasteiger charge is 2.07. The molecule has 0 bridgehead atoms. The number of benzene rings is 1. The standard InChI is InChI=1S/C15H22S3/c1-3-8-13(4-2)11-17-15(16)18-12-14-9-6-5-7-10-14/h5-7,9-10,13H,3-4,8,11-12H2,1-2H3. The van der Waals surface area contributed by atoms with E-state index in [0.717, 1.165) is 15.2 Å². The fraction of sp³-hybridized carbons (Fsp3) is 0.533. The monoisotopic (exact) mass is 298 g/mol. The molecule has 0 saturated heterocycles. The lowest BCUT2D eigenvalue weighted by Gasteiger charge is -2.13. The van der Waals surface area contributed by atoms with Crippen LogP contribution < -0.4 is 0 Å². The van der Waals surface area contributed by atoms with E-state index in [0.29, 0.717) is 0 Å². The van der Waals surface area contributed by atoms with Gasteiger partial charge in [0.25, 0.3) is 0 Å². The lowest BCUT2D eigenvalue weighted by molar-refractivity contribution is 0.518. The van der Waals surface area contributed by atoms with Crippen molar-refractivity contribution >= 4 is 39.3 Å². The Hall–Kier alpha value is 0.01000. The fourth-order valence-corrected chi connectivity index (χ4v) is 4.10. The molecule has 0 aliphatic heterocycles. The van der Waals surface area contributed by atoms with Crippen molar-refractivity contribution in [1.29, 1.82) is 0 Å². The predicted molar refractivity (Wildman–Crippen MR) is 91.5 cm³/mol. The van der Waals surface area contributed by atoms with Gasteiger partial charge in [0.1, 0.15) is 3.53 Å². The molecule has 0 nitrogen and oxygen atoms in total. The van der Waals surface area contributed by atoms with Crippen molar-refractivity contribution in [3.8, 4) is 0 Å². The highest BCUT2D eigenvalue weighted by atomic mass is 32.2. The first-order valence-corrected chi connectivity index (χ1v) is 8.97. The van der Waals surface area contributed by atoms with E-state index in [9.17, 15) is 0 Å². The van der Waals surface area contributed by atoms with E-state index in [4.69, 9.17) is 12.2 Å². The Bertz CT molecular complexity index is 335. The third-order valence-corrected chi connectivity index (χ3v) is 5.91. The number of thiocarbonyl (C=S) groups is 1. The molecular weight excluding hydrogens is 276 g/mol. The van der Waals surface area contributed by atoms with Gasteiger partial charge in [-0.3, -0.25) is 0 Å². The zero-order chi connectivity index (χ0) is 13.2. The molecule has 0 fully saturated rings. The Kier molecular flexibility index (Phi) is 8.82. The van der Waals surface area contributed by atoms with Crippen molar-refractivity contribution in [3.63, 3.8) is 0 Å². The van der Waals surface area contributed by atoms with Gasteiger partial charge in [-0.2, -0.15) is 0 Å². The maximum Gasteiger partial charge on any atom is 0.104 e. The summed E-state index contributed by atoms with van der Waals surface area (Å²) in [7, 11) is 0. The maximum atomic E-state index is 5.43. The van der Waals surface area contributed by atoms with Crippen molar-refractivity contribution in [1.82, 2.24) is 0 Å². The second kappa shape index (κ2) is 9.88. The first-order valence-electron chi connectivity index (χ1n) is 6.59. The minimum absolute atomic E-state index is 0.829. The molecule has 100 valence electrons. The van der Waals surface area contributed by atoms with Crippen LogP contribution in [0.25, 0.3) is 0 Å². The van der Waals surface area contributed by atoms with Crippen LogP contribution in [-0.2, 0) is 5.75 Å². The number of hydrogen-bond acceptors (Lipinski definition) is 3. The van der Waals surface area contributed by atoms with Crippen LogP contribution in [-0.4, -0.2) is 9.28 Å². The third-order valence-electron chi connectivity index (χ3n) is 2.91. The van der Waals surface area contributed by atoms with Crippen LogP contribution in [0.5, 0.6) is 0 Å². The van der Waals surface area contributed by atoms with E-state index in [1.165, 1.54) is 30.6 Å². The molecule has 1 aromatic carbocycles. The quantitative estimate of drug-likeness (QED) is 0.587. The van der Waals surface area contributed by atoms with Gasteiger partial charge < -0.3 is 0 Å². The number of thioether (sulfide) groups is 2. The van der Waals surface area contributed by atoms with Gasteiger partial charge in [0.05, 0.1) is 0 Å². The third kappa shape index (κ3) is 6.81. The molecule has 0 heterocycles. The van der Waals surface area contributed by atoms with Gasteiger partial charge in [-0.05, 0) is 17.9 Å². The molecule has 0 saturated carbocycles. The Morgan fingerprint density at radius 3 is 2.50 bits per heavy atom. The fourth-order valence-electron chi connectivity index (χ4n) is 1.76. The van der Waals surface area contributed by atoms with Gasteiger partial charge in [-0.1, -0.05) is 69.2 Å². The minimum Gasteiger partial charge on any atom is -0.108 e. The van der Waals surface area contributed by atoms with Gasteiger partial charge in [0.15, 0.2) is 0 Å². The average molecular weight is 299 g/mol. The van der Waals surface area contributed by atoms with Crippen LogP contribution in [0.15, 0.2) is 30.3 Å². The van der Waals surface area contributed by atoms with Crippen molar-refractivity contribution < 1.29 is 0 Å². The van der Waals surface area contributed by atoms with Crippen molar-refractivity contribution in [2.45, 2.75) is 38.9 Å². The maximum absolute atomic E-state index is 5.43. The number of rotatable bonds is 7. The molecule has 1 unspecified atom stereocenters. The van der Waals surface area contributed by atoms with Crippen LogP contribution >= 0.6 is 35.7 Å². The van der Waals surface area contributed by atoms with Crippen LogP contribution in [0.4, 0.5) is 0 Å². The zero-order valence-corrected chi connectivity index (χ0v) is 13.7. The largest absolute Gasteiger partial charge is 0.108 e. The lowest BCUT2D eigenvalue weighted by atomic mass is 10.0. The van der Waals surface area contributed by atoms with Crippen LogP contribution in [0.1, 0.15) is 38.7 Å². The Morgan fingerprint density at radius 2 is 1.89 bits per heavy atom. The van der Waals surface area contributed by atoms with Crippen molar-refractivity contribution in [3.05, 3.63) is 35.9 Å². The topological polar surface area (TPSA) is 0 Å². The summed E-state index contributed by atoms with van der Waals surface area (Å²) in [6, 6.07) is 10.5. The van der Waals surface area contributed by atoms with Gasteiger partial charge in [-0.25, -0.2) is 0 Å². The van der Waals surface area contributed by atoms with E-state index in [2.05, 4.69) is 44.2 Å². The molecule has 0 aromatic heterocycles. The molecule has 0 spiro atoms. The van der Waals surface area contributed by atoms with Gasteiger partial charge in [-0.15, -0.1) is 23.5 Å². The summed E-state index contributed by atoms with van der Waals surface area (Å²) < 4.78 is 1.09. The zero-order valence-electron chi connectivity index (χ0n) is 11.2. The summed E-state index contributed by atoms with van der Waals surface area (Å²) in [5.41, 5.74) is 1.35. The lowest BCUT2D eigenvalue weighted by Crippen LogP contribution is -2.02. The molecule has 0 aliphatic carbocycles. The average Bonchev–Trinajstić information content (AvgIpc) is 2.42. The van der Waals surface area contributed by atoms with Gasteiger partial charge >= 0.3 is 0 Å². The minimum atomic E-state index is 0.829. The molecule has 0 amide bonds. The Morgan fingerprint density at radius 1 is 1.17 bits per heavy atom.